The summed E-state index contributed by atoms with van der Waals surface area (Å²) >= 11 is 0. The van der Waals surface area contributed by atoms with Gasteiger partial charge in [0.1, 0.15) is 0 Å². The summed E-state index contributed by atoms with van der Waals surface area (Å²) in [5, 5.41) is 5.91. The molecule has 2 amide bonds. The normalized spacial score (nSPS) is 19.5. The Labute approximate surface area is 154 Å². The van der Waals surface area contributed by atoms with Crippen molar-refractivity contribution in [2.75, 3.05) is 36.1 Å². The van der Waals surface area contributed by atoms with Crippen molar-refractivity contribution < 1.29 is 18.0 Å². The molecule has 0 unspecified atom stereocenters. The molecule has 2 aliphatic rings. The Bertz CT molecular complexity index is 829. The fourth-order valence-electron chi connectivity index (χ4n) is 3.84. The summed E-state index contributed by atoms with van der Waals surface area (Å²) in [5.74, 6) is -0.478. The van der Waals surface area contributed by atoms with Crippen LogP contribution in [0.2, 0.25) is 0 Å². The third kappa shape index (κ3) is 3.35. The average Bonchev–Trinajstić information content (AvgIpc) is 2.60. The van der Waals surface area contributed by atoms with Crippen LogP contribution < -0.4 is 15.5 Å². The zero-order chi connectivity index (χ0) is 18.9. The molecule has 3 rings (SSSR count). The molecule has 0 radical (unpaired) electrons. The maximum Gasteiger partial charge on any atom is 0.245 e. The number of rotatable bonds is 3. The van der Waals surface area contributed by atoms with Gasteiger partial charge in [-0.1, -0.05) is 0 Å². The molecule has 2 heterocycles. The lowest BCUT2D eigenvalue weighted by Gasteiger charge is -2.34. The third-order valence-electron chi connectivity index (χ3n) is 5.37. The molecule has 0 aromatic heterocycles. The SMILES string of the molecule is CC(=O)N1CCCc2cc(NC(=O)C3(S(C)(=O)=O)CCNCC3)ccc21. The van der Waals surface area contributed by atoms with Gasteiger partial charge in [-0.05, 0) is 62.5 Å². The van der Waals surface area contributed by atoms with Gasteiger partial charge in [-0.2, -0.15) is 0 Å². The number of benzene rings is 1. The van der Waals surface area contributed by atoms with Gasteiger partial charge in [-0.25, -0.2) is 8.42 Å². The highest BCUT2D eigenvalue weighted by Crippen LogP contribution is 2.32. The number of hydrogen-bond donors (Lipinski definition) is 2. The number of aryl methyl sites for hydroxylation is 1. The molecule has 1 aromatic rings. The minimum atomic E-state index is -3.55. The summed E-state index contributed by atoms with van der Waals surface area (Å²) in [5.41, 5.74) is 2.42. The van der Waals surface area contributed by atoms with E-state index in [0.717, 1.165) is 30.3 Å². The van der Waals surface area contributed by atoms with E-state index >= 15 is 0 Å². The Hall–Kier alpha value is -1.93. The minimum Gasteiger partial charge on any atom is -0.325 e. The number of hydrogen-bond acceptors (Lipinski definition) is 5. The fraction of sp³-hybridized carbons (Fsp3) is 0.556. The molecule has 0 spiro atoms. The van der Waals surface area contributed by atoms with Gasteiger partial charge < -0.3 is 15.5 Å². The van der Waals surface area contributed by atoms with E-state index < -0.39 is 20.5 Å². The predicted molar refractivity (Wildman–Crippen MR) is 101 cm³/mol. The van der Waals surface area contributed by atoms with Gasteiger partial charge in [0.25, 0.3) is 0 Å². The molecule has 0 atom stereocenters. The van der Waals surface area contributed by atoms with Crippen LogP contribution in [0.4, 0.5) is 11.4 Å². The molecule has 1 fully saturated rings. The summed E-state index contributed by atoms with van der Waals surface area (Å²) < 4.78 is 23.3. The molecular weight excluding hydrogens is 354 g/mol. The molecular formula is C18H25N3O4S. The first-order valence-electron chi connectivity index (χ1n) is 8.87. The number of sulfone groups is 1. The van der Waals surface area contributed by atoms with Gasteiger partial charge in [0.05, 0.1) is 0 Å². The second-order valence-electron chi connectivity index (χ2n) is 7.09. The fourth-order valence-corrected chi connectivity index (χ4v) is 5.18. The van der Waals surface area contributed by atoms with Crippen LogP contribution in [0.5, 0.6) is 0 Å². The number of anilines is 2. The van der Waals surface area contributed by atoms with E-state index in [-0.39, 0.29) is 18.7 Å². The Morgan fingerprint density at radius 3 is 2.54 bits per heavy atom. The van der Waals surface area contributed by atoms with Crippen LogP contribution in [0.1, 0.15) is 31.7 Å². The first-order valence-corrected chi connectivity index (χ1v) is 10.8. The van der Waals surface area contributed by atoms with Gasteiger partial charge in [-0.3, -0.25) is 9.59 Å². The Morgan fingerprint density at radius 1 is 1.23 bits per heavy atom. The van der Waals surface area contributed by atoms with Crippen LogP contribution in [-0.4, -0.2) is 50.9 Å². The molecule has 2 aliphatic heterocycles. The van der Waals surface area contributed by atoms with Crippen molar-refractivity contribution in [3.8, 4) is 0 Å². The van der Waals surface area contributed by atoms with E-state index in [1.54, 1.807) is 11.0 Å². The van der Waals surface area contributed by atoms with Crippen molar-refractivity contribution in [3.63, 3.8) is 0 Å². The van der Waals surface area contributed by atoms with E-state index in [1.165, 1.54) is 6.92 Å². The summed E-state index contributed by atoms with van der Waals surface area (Å²) in [7, 11) is -3.55. The molecule has 8 heteroatoms. The lowest BCUT2D eigenvalue weighted by Crippen LogP contribution is -2.55. The molecule has 1 saturated heterocycles. The monoisotopic (exact) mass is 379 g/mol. The van der Waals surface area contributed by atoms with E-state index in [2.05, 4.69) is 10.6 Å². The van der Waals surface area contributed by atoms with Gasteiger partial charge in [0.2, 0.25) is 11.8 Å². The molecule has 26 heavy (non-hydrogen) atoms. The van der Waals surface area contributed by atoms with Gasteiger partial charge in [0, 0.05) is 31.1 Å². The summed E-state index contributed by atoms with van der Waals surface area (Å²) in [6, 6.07) is 5.40. The zero-order valence-corrected chi connectivity index (χ0v) is 16.0. The second kappa shape index (κ2) is 7.00. The molecule has 0 aliphatic carbocycles. The maximum atomic E-state index is 12.9. The second-order valence-corrected chi connectivity index (χ2v) is 9.41. The molecule has 1 aromatic carbocycles. The van der Waals surface area contributed by atoms with Crippen LogP contribution in [0.15, 0.2) is 18.2 Å². The first-order chi connectivity index (χ1) is 12.2. The number of amides is 2. The number of fused-ring (bicyclic) bond motifs is 1. The van der Waals surface area contributed by atoms with Crippen molar-refractivity contribution >= 4 is 33.0 Å². The highest BCUT2D eigenvalue weighted by atomic mass is 32.2. The molecule has 7 nitrogen and oxygen atoms in total. The van der Waals surface area contributed by atoms with Crippen LogP contribution in [0.3, 0.4) is 0 Å². The van der Waals surface area contributed by atoms with Gasteiger partial charge in [-0.15, -0.1) is 0 Å². The van der Waals surface area contributed by atoms with Crippen molar-refractivity contribution in [1.29, 1.82) is 0 Å². The first kappa shape index (κ1) is 18.8. The lowest BCUT2D eigenvalue weighted by molar-refractivity contribution is -0.119. The molecule has 142 valence electrons. The number of nitrogens with one attached hydrogen (secondary N) is 2. The average molecular weight is 379 g/mol. The van der Waals surface area contributed by atoms with E-state index in [0.29, 0.717) is 25.3 Å². The van der Waals surface area contributed by atoms with E-state index in [4.69, 9.17) is 0 Å². The van der Waals surface area contributed by atoms with Crippen LogP contribution >= 0.6 is 0 Å². The van der Waals surface area contributed by atoms with Crippen molar-refractivity contribution in [2.24, 2.45) is 0 Å². The van der Waals surface area contributed by atoms with E-state index in [9.17, 15) is 18.0 Å². The van der Waals surface area contributed by atoms with Crippen LogP contribution in [0, 0.1) is 0 Å². The summed E-state index contributed by atoms with van der Waals surface area (Å²) in [6.07, 6.45) is 3.35. The lowest BCUT2D eigenvalue weighted by atomic mass is 9.95. The molecule has 2 N–H and O–H groups in total. The van der Waals surface area contributed by atoms with Crippen molar-refractivity contribution in [2.45, 2.75) is 37.4 Å². The standard InChI is InChI=1S/C18H25N3O4S/c1-13(22)21-11-3-4-14-12-15(5-6-16(14)21)20-17(23)18(26(2,24)25)7-9-19-10-8-18/h5-6,12,19H,3-4,7-11H2,1-2H3,(H,20,23). The van der Waals surface area contributed by atoms with E-state index in [1.807, 2.05) is 12.1 Å². The van der Waals surface area contributed by atoms with Crippen LogP contribution in [0.25, 0.3) is 0 Å². The minimum absolute atomic E-state index is 0.00605. The Morgan fingerprint density at radius 2 is 1.92 bits per heavy atom. The maximum absolute atomic E-state index is 12.9. The van der Waals surface area contributed by atoms with Crippen molar-refractivity contribution in [3.05, 3.63) is 23.8 Å². The number of carbonyl (C=O) groups excluding carboxylic acids is 2. The summed E-state index contributed by atoms with van der Waals surface area (Å²) in [6.45, 7) is 3.23. The quantitative estimate of drug-likeness (QED) is 0.820. The van der Waals surface area contributed by atoms with Crippen LogP contribution in [-0.2, 0) is 25.8 Å². The zero-order valence-electron chi connectivity index (χ0n) is 15.2. The predicted octanol–water partition coefficient (Wildman–Crippen LogP) is 1.09. The third-order valence-corrected chi connectivity index (χ3v) is 7.38. The largest absolute Gasteiger partial charge is 0.325 e. The smallest absolute Gasteiger partial charge is 0.245 e. The highest BCUT2D eigenvalue weighted by Gasteiger charge is 2.48. The van der Waals surface area contributed by atoms with Gasteiger partial charge in [0.15, 0.2) is 14.6 Å². The number of nitrogens with zero attached hydrogens (tertiary/aromatic N) is 1. The van der Waals surface area contributed by atoms with Crippen molar-refractivity contribution in [1.82, 2.24) is 5.32 Å². The molecule has 0 bridgehead atoms. The Balaban J connectivity index is 1.87. The topological polar surface area (TPSA) is 95.6 Å². The number of carbonyl (C=O) groups is 2. The van der Waals surface area contributed by atoms with Gasteiger partial charge >= 0.3 is 0 Å². The molecule has 0 saturated carbocycles. The number of piperidine rings is 1. The summed E-state index contributed by atoms with van der Waals surface area (Å²) in [4.78, 5) is 26.4. The highest BCUT2D eigenvalue weighted by molar-refractivity contribution is 7.92. The Kier molecular flexibility index (Phi) is 5.07.